The van der Waals surface area contributed by atoms with Crippen LogP contribution in [0.4, 0.5) is 4.79 Å². The third-order valence-electron chi connectivity index (χ3n) is 2.37. The number of primary amides is 1. The number of hydrogen-bond acceptors (Lipinski definition) is 2. The van der Waals surface area contributed by atoms with Gasteiger partial charge in [0.2, 0.25) is 0 Å². The van der Waals surface area contributed by atoms with Crippen LogP contribution in [-0.4, -0.2) is 35.7 Å². The molecule has 2 amide bonds. The highest BCUT2D eigenvalue weighted by atomic mass is 16.5. The summed E-state index contributed by atoms with van der Waals surface area (Å²) in [6.07, 6.45) is 2.03. The highest BCUT2D eigenvalue weighted by molar-refractivity contribution is 5.72. The molecule has 1 fully saturated rings. The first kappa shape index (κ1) is 11.3. The Labute approximate surface area is 85.4 Å². The molecule has 1 aliphatic heterocycles. The van der Waals surface area contributed by atoms with Gasteiger partial charge in [0.25, 0.3) is 0 Å². The van der Waals surface area contributed by atoms with Crippen LogP contribution >= 0.6 is 0 Å². The van der Waals surface area contributed by atoms with Crippen molar-refractivity contribution in [2.75, 3.05) is 13.2 Å². The second-order valence-corrected chi connectivity index (χ2v) is 4.75. The van der Waals surface area contributed by atoms with E-state index in [0.717, 1.165) is 19.4 Å². The standard InChI is InChI=1S/C10H20N2O2/c1-10(2,3)14-7-8-5-4-6-12(8)9(11)13/h8H,4-7H2,1-3H3,(H2,11,13)/t8-/m1/s1. The van der Waals surface area contributed by atoms with E-state index in [1.807, 2.05) is 20.8 Å². The molecule has 1 saturated heterocycles. The molecule has 14 heavy (non-hydrogen) atoms. The number of carbonyl (C=O) groups excluding carboxylic acids is 1. The van der Waals surface area contributed by atoms with E-state index in [9.17, 15) is 4.79 Å². The lowest BCUT2D eigenvalue weighted by molar-refractivity contribution is -0.0231. The fourth-order valence-corrected chi connectivity index (χ4v) is 1.65. The molecule has 0 bridgehead atoms. The zero-order valence-electron chi connectivity index (χ0n) is 9.25. The van der Waals surface area contributed by atoms with E-state index in [4.69, 9.17) is 10.5 Å². The molecule has 4 heteroatoms. The van der Waals surface area contributed by atoms with Crippen molar-refractivity contribution in [1.82, 2.24) is 4.90 Å². The molecule has 4 nitrogen and oxygen atoms in total. The maximum absolute atomic E-state index is 11.0. The predicted molar refractivity (Wildman–Crippen MR) is 55.0 cm³/mol. The first-order valence-corrected chi connectivity index (χ1v) is 5.10. The molecule has 2 N–H and O–H groups in total. The molecule has 0 aliphatic carbocycles. The molecule has 0 aromatic rings. The molecule has 1 aliphatic rings. The average molecular weight is 200 g/mol. The lowest BCUT2D eigenvalue weighted by atomic mass is 10.2. The summed E-state index contributed by atoms with van der Waals surface area (Å²) in [6.45, 7) is 7.39. The smallest absolute Gasteiger partial charge is 0.315 e. The third-order valence-corrected chi connectivity index (χ3v) is 2.37. The Bertz CT molecular complexity index is 211. The minimum Gasteiger partial charge on any atom is -0.374 e. The molecule has 0 aromatic carbocycles. The topological polar surface area (TPSA) is 55.6 Å². The lowest BCUT2D eigenvalue weighted by Gasteiger charge is -2.27. The summed E-state index contributed by atoms with van der Waals surface area (Å²) in [4.78, 5) is 12.7. The van der Waals surface area contributed by atoms with E-state index in [-0.39, 0.29) is 17.7 Å². The Balaban J connectivity index is 2.40. The van der Waals surface area contributed by atoms with Crippen LogP contribution < -0.4 is 5.73 Å². The highest BCUT2D eigenvalue weighted by Crippen LogP contribution is 2.19. The van der Waals surface area contributed by atoms with Crippen LogP contribution in [0, 0.1) is 0 Å². The Morgan fingerprint density at radius 1 is 1.57 bits per heavy atom. The minimum atomic E-state index is -0.329. The second-order valence-electron chi connectivity index (χ2n) is 4.75. The zero-order valence-corrected chi connectivity index (χ0v) is 9.25. The second kappa shape index (κ2) is 4.17. The largest absolute Gasteiger partial charge is 0.374 e. The van der Waals surface area contributed by atoms with Gasteiger partial charge in [-0.25, -0.2) is 4.79 Å². The van der Waals surface area contributed by atoms with Crippen molar-refractivity contribution >= 4 is 6.03 Å². The molecular formula is C10H20N2O2. The average Bonchev–Trinajstić information content (AvgIpc) is 2.46. The summed E-state index contributed by atoms with van der Waals surface area (Å²) in [5.74, 6) is 0. The van der Waals surface area contributed by atoms with Crippen molar-refractivity contribution < 1.29 is 9.53 Å². The van der Waals surface area contributed by atoms with E-state index in [0.29, 0.717) is 6.61 Å². The summed E-state index contributed by atoms with van der Waals surface area (Å²) in [7, 11) is 0. The SMILES string of the molecule is CC(C)(C)OC[C@H]1CCCN1C(N)=O. The normalized spacial score (nSPS) is 22.8. The number of nitrogens with zero attached hydrogens (tertiary/aromatic N) is 1. The molecule has 0 unspecified atom stereocenters. The summed E-state index contributed by atoms with van der Waals surface area (Å²) < 4.78 is 5.64. The fraction of sp³-hybridized carbons (Fsp3) is 0.900. The van der Waals surface area contributed by atoms with Crippen molar-refractivity contribution in [3.05, 3.63) is 0 Å². The molecule has 1 heterocycles. The van der Waals surface area contributed by atoms with E-state index in [1.165, 1.54) is 0 Å². The Morgan fingerprint density at radius 2 is 2.21 bits per heavy atom. The number of urea groups is 1. The Kier molecular flexibility index (Phi) is 3.37. The number of hydrogen-bond donors (Lipinski definition) is 1. The number of carbonyl (C=O) groups is 1. The maximum atomic E-state index is 11.0. The van der Waals surface area contributed by atoms with E-state index >= 15 is 0 Å². The molecule has 82 valence electrons. The van der Waals surface area contributed by atoms with Crippen LogP contribution in [0.5, 0.6) is 0 Å². The van der Waals surface area contributed by atoms with Crippen LogP contribution in [0.2, 0.25) is 0 Å². The number of ether oxygens (including phenoxy) is 1. The zero-order chi connectivity index (χ0) is 10.8. The molecule has 0 aromatic heterocycles. The van der Waals surface area contributed by atoms with Crippen LogP contribution in [0.25, 0.3) is 0 Å². The van der Waals surface area contributed by atoms with Crippen molar-refractivity contribution in [3.63, 3.8) is 0 Å². The van der Waals surface area contributed by atoms with E-state index < -0.39 is 0 Å². The van der Waals surface area contributed by atoms with Crippen LogP contribution in [0.3, 0.4) is 0 Å². The Morgan fingerprint density at radius 3 is 2.71 bits per heavy atom. The summed E-state index contributed by atoms with van der Waals surface area (Å²) in [5.41, 5.74) is 5.11. The van der Waals surface area contributed by atoms with Gasteiger partial charge >= 0.3 is 6.03 Å². The molecular weight excluding hydrogens is 180 g/mol. The number of likely N-dealkylation sites (tertiary alicyclic amines) is 1. The molecule has 1 rings (SSSR count). The van der Waals surface area contributed by atoms with Gasteiger partial charge in [-0.15, -0.1) is 0 Å². The first-order chi connectivity index (χ1) is 6.40. The molecule has 0 radical (unpaired) electrons. The third kappa shape index (κ3) is 3.18. The van der Waals surface area contributed by atoms with E-state index in [2.05, 4.69) is 0 Å². The molecule has 0 spiro atoms. The molecule has 1 atom stereocenters. The van der Waals surface area contributed by atoms with Gasteiger partial charge < -0.3 is 15.4 Å². The van der Waals surface area contributed by atoms with Gasteiger partial charge in [0, 0.05) is 6.54 Å². The van der Waals surface area contributed by atoms with Crippen molar-refractivity contribution in [1.29, 1.82) is 0 Å². The maximum Gasteiger partial charge on any atom is 0.315 e. The van der Waals surface area contributed by atoms with E-state index in [1.54, 1.807) is 4.90 Å². The fourth-order valence-electron chi connectivity index (χ4n) is 1.65. The Hall–Kier alpha value is -0.770. The van der Waals surface area contributed by atoms with Crippen LogP contribution in [0.15, 0.2) is 0 Å². The number of nitrogens with two attached hydrogens (primary N) is 1. The minimum absolute atomic E-state index is 0.147. The van der Waals surface area contributed by atoms with Crippen molar-refractivity contribution in [3.8, 4) is 0 Å². The first-order valence-electron chi connectivity index (χ1n) is 5.10. The van der Waals surface area contributed by atoms with Gasteiger partial charge in [-0.2, -0.15) is 0 Å². The quantitative estimate of drug-likeness (QED) is 0.731. The monoisotopic (exact) mass is 200 g/mol. The molecule has 0 saturated carbocycles. The van der Waals surface area contributed by atoms with Gasteiger partial charge in [0.15, 0.2) is 0 Å². The summed E-state index contributed by atoms with van der Waals surface area (Å²) in [6, 6.07) is -0.156. The van der Waals surface area contributed by atoms with Crippen LogP contribution in [-0.2, 0) is 4.74 Å². The van der Waals surface area contributed by atoms with Crippen LogP contribution in [0.1, 0.15) is 33.6 Å². The lowest BCUT2D eigenvalue weighted by Crippen LogP contribution is -2.42. The predicted octanol–water partition coefficient (Wildman–Crippen LogP) is 1.34. The van der Waals surface area contributed by atoms with Crippen molar-refractivity contribution in [2.24, 2.45) is 5.73 Å². The van der Waals surface area contributed by atoms with Gasteiger partial charge in [-0.05, 0) is 33.6 Å². The summed E-state index contributed by atoms with van der Waals surface area (Å²) in [5, 5.41) is 0. The van der Waals surface area contributed by atoms with Crippen molar-refractivity contribution in [2.45, 2.75) is 45.3 Å². The van der Waals surface area contributed by atoms with Gasteiger partial charge in [-0.3, -0.25) is 0 Å². The van der Waals surface area contributed by atoms with Gasteiger partial charge in [0.1, 0.15) is 0 Å². The number of rotatable bonds is 2. The highest BCUT2D eigenvalue weighted by Gasteiger charge is 2.28. The number of amides is 2. The summed E-state index contributed by atoms with van der Waals surface area (Å²) >= 11 is 0. The van der Waals surface area contributed by atoms with Gasteiger partial charge in [-0.1, -0.05) is 0 Å². The van der Waals surface area contributed by atoms with Gasteiger partial charge in [0.05, 0.1) is 18.2 Å².